The van der Waals surface area contributed by atoms with E-state index in [0.29, 0.717) is 76.1 Å². The quantitative estimate of drug-likeness (QED) is 0.296. The Balaban J connectivity index is 1.12. The van der Waals surface area contributed by atoms with Gasteiger partial charge in [0.15, 0.2) is 17.9 Å². The van der Waals surface area contributed by atoms with Crippen LogP contribution in [-0.4, -0.2) is 38.1 Å². The maximum Gasteiger partial charge on any atom is 0.573 e. The summed E-state index contributed by atoms with van der Waals surface area (Å²) >= 11 is 0. The first-order valence-electron chi connectivity index (χ1n) is 14.5. The van der Waals surface area contributed by atoms with Crippen molar-refractivity contribution >= 4 is 0 Å². The Hall–Kier alpha value is -2.37. The third-order valence-corrected chi connectivity index (χ3v) is 8.65. The Bertz CT molecular complexity index is 1200. The summed E-state index contributed by atoms with van der Waals surface area (Å²) in [5.41, 5.74) is 0.769. The molecule has 1 saturated heterocycles. The molecular formula is C31H35F7O4. The normalized spacial score (nSPS) is 29.3. The maximum absolute atomic E-state index is 15.1. The van der Waals surface area contributed by atoms with Crippen molar-refractivity contribution in [2.45, 2.75) is 89.1 Å². The summed E-state index contributed by atoms with van der Waals surface area (Å²) in [6.07, 6.45) is -5.38. The molecule has 2 aromatic carbocycles. The predicted octanol–water partition coefficient (Wildman–Crippen LogP) is 8.98. The Morgan fingerprint density at radius 1 is 0.762 bits per heavy atom. The average Bonchev–Trinajstić information content (AvgIpc) is 2.94. The zero-order valence-corrected chi connectivity index (χ0v) is 23.3. The first-order valence-corrected chi connectivity index (χ1v) is 14.5. The van der Waals surface area contributed by atoms with E-state index in [2.05, 4.69) is 4.74 Å². The molecule has 0 aromatic heterocycles. The summed E-state index contributed by atoms with van der Waals surface area (Å²) in [4.78, 5) is 0. The topological polar surface area (TPSA) is 36.9 Å². The van der Waals surface area contributed by atoms with Gasteiger partial charge in [0.2, 0.25) is 0 Å². The molecule has 2 aliphatic carbocycles. The number of halogens is 7. The van der Waals surface area contributed by atoms with Gasteiger partial charge in [-0.25, -0.2) is 8.78 Å². The van der Waals surface area contributed by atoms with Gasteiger partial charge in [-0.05, 0) is 86.6 Å². The number of benzene rings is 2. The van der Waals surface area contributed by atoms with E-state index < -0.39 is 41.9 Å². The van der Waals surface area contributed by atoms with Gasteiger partial charge in [0.25, 0.3) is 0 Å². The molecule has 0 atom stereocenters. The second-order valence-corrected chi connectivity index (χ2v) is 11.8. The lowest BCUT2D eigenvalue weighted by Gasteiger charge is -2.39. The smallest absolute Gasteiger partial charge is 0.403 e. The number of alkyl halides is 5. The SMILES string of the molecule is CC1COC(C2CCC(C(F)(F)OC3CCC(c4ccc(-c5ccc(OC(F)(F)F)c(F)c5)c(F)c4)CC3)CC2)OC1. The van der Waals surface area contributed by atoms with Crippen LogP contribution in [0.1, 0.15) is 69.8 Å². The molecule has 0 N–H and O–H groups in total. The fourth-order valence-corrected chi connectivity index (χ4v) is 6.34. The van der Waals surface area contributed by atoms with Gasteiger partial charge < -0.3 is 18.9 Å². The van der Waals surface area contributed by atoms with E-state index in [9.17, 15) is 22.0 Å². The van der Waals surface area contributed by atoms with Crippen LogP contribution in [-0.2, 0) is 14.2 Å². The summed E-state index contributed by atoms with van der Waals surface area (Å²) in [5, 5.41) is 0. The van der Waals surface area contributed by atoms with Gasteiger partial charge in [-0.1, -0.05) is 25.1 Å². The van der Waals surface area contributed by atoms with Crippen molar-refractivity contribution in [1.29, 1.82) is 0 Å². The molecule has 2 aromatic rings. The molecule has 2 saturated carbocycles. The van der Waals surface area contributed by atoms with Gasteiger partial charge in [-0.15, -0.1) is 13.2 Å². The Morgan fingerprint density at radius 2 is 1.43 bits per heavy atom. The van der Waals surface area contributed by atoms with E-state index >= 15 is 8.78 Å². The van der Waals surface area contributed by atoms with Crippen molar-refractivity contribution in [3.63, 3.8) is 0 Å². The van der Waals surface area contributed by atoms with Gasteiger partial charge >= 0.3 is 12.5 Å². The molecule has 0 spiro atoms. The highest BCUT2D eigenvalue weighted by Gasteiger charge is 2.46. The van der Waals surface area contributed by atoms with Crippen LogP contribution in [0.25, 0.3) is 11.1 Å². The summed E-state index contributed by atoms with van der Waals surface area (Å²) in [6, 6.07) is 7.17. The maximum atomic E-state index is 15.1. The summed E-state index contributed by atoms with van der Waals surface area (Å²) < 4.78 is 117. The van der Waals surface area contributed by atoms with Crippen LogP contribution in [0, 0.1) is 29.4 Å². The number of rotatable bonds is 7. The largest absolute Gasteiger partial charge is 0.573 e. The molecule has 0 unspecified atom stereocenters. The second kappa shape index (κ2) is 12.7. The molecule has 232 valence electrons. The van der Waals surface area contributed by atoms with E-state index in [4.69, 9.17) is 14.2 Å². The van der Waals surface area contributed by atoms with Gasteiger partial charge in [0, 0.05) is 17.4 Å². The first-order chi connectivity index (χ1) is 19.9. The fourth-order valence-electron chi connectivity index (χ4n) is 6.34. The van der Waals surface area contributed by atoms with Crippen molar-refractivity contribution in [3.05, 3.63) is 53.6 Å². The van der Waals surface area contributed by atoms with E-state index in [0.717, 1.165) is 18.2 Å². The third-order valence-electron chi connectivity index (χ3n) is 8.65. The van der Waals surface area contributed by atoms with Crippen molar-refractivity contribution in [2.24, 2.45) is 17.8 Å². The van der Waals surface area contributed by atoms with Crippen molar-refractivity contribution in [3.8, 4) is 16.9 Å². The molecule has 0 bridgehead atoms. The van der Waals surface area contributed by atoms with Crippen LogP contribution in [0.5, 0.6) is 5.75 Å². The van der Waals surface area contributed by atoms with Gasteiger partial charge in [-0.2, -0.15) is 8.78 Å². The zero-order chi connectivity index (χ0) is 30.1. The van der Waals surface area contributed by atoms with Gasteiger partial charge in [0.1, 0.15) is 5.82 Å². The highest BCUT2D eigenvalue weighted by Crippen LogP contribution is 2.44. The predicted molar refractivity (Wildman–Crippen MR) is 140 cm³/mol. The number of hydrogen-bond acceptors (Lipinski definition) is 4. The monoisotopic (exact) mass is 604 g/mol. The lowest BCUT2D eigenvalue weighted by atomic mass is 9.80. The van der Waals surface area contributed by atoms with Crippen molar-refractivity contribution < 1.29 is 49.7 Å². The molecular weight excluding hydrogens is 569 g/mol. The molecule has 5 rings (SSSR count). The zero-order valence-electron chi connectivity index (χ0n) is 23.3. The number of ether oxygens (including phenoxy) is 4. The minimum atomic E-state index is -5.05. The summed E-state index contributed by atoms with van der Waals surface area (Å²) in [6.45, 7) is 3.30. The molecule has 11 heteroatoms. The van der Waals surface area contributed by atoms with Crippen LogP contribution < -0.4 is 4.74 Å². The van der Waals surface area contributed by atoms with Crippen LogP contribution >= 0.6 is 0 Å². The molecule has 3 aliphatic rings. The van der Waals surface area contributed by atoms with Gasteiger partial charge in [0.05, 0.1) is 25.2 Å². The van der Waals surface area contributed by atoms with E-state index in [-0.39, 0.29) is 29.3 Å². The van der Waals surface area contributed by atoms with Gasteiger partial charge in [-0.3, -0.25) is 0 Å². The third kappa shape index (κ3) is 7.58. The van der Waals surface area contributed by atoms with Crippen LogP contribution in [0.3, 0.4) is 0 Å². The lowest BCUT2D eigenvalue weighted by molar-refractivity contribution is -0.305. The van der Waals surface area contributed by atoms with Crippen LogP contribution in [0.15, 0.2) is 36.4 Å². The molecule has 3 fully saturated rings. The highest BCUT2D eigenvalue weighted by molar-refractivity contribution is 5.65. The van der Waals surface area contributed by atoms with E-state index in [1.807, 2.05) is 6.92 Å². The first kappa shape index (κ1) is 31.1. The second-order valence-electron chi connectivity index (χ2n) is 11.8. The van der Waals surface area contributed by atoms with Crippen LogP contribution in [0.4, 0.5) is 30.7 Å². The molecule has 0 radical (unpaired) electrons. The Labute approximate surface area is 240 Å². The highest BCUT2D eigenvalue weighted by atomic mass is 19.4. The summed E-state index contributed by atoms with van der Waals surface area (Å²) in [5.74, 6) is -3.38. The average molecular weight is 605 g/mol. The molecule has 1 heterocycles. The lowest BCUT2D eigenvalue weighted by Crippen LogP contribution is -2.42. The minimum Gasteiger partial charge on any atom is -0.403 e. The molecule has 0 amide bonds. The molecule has 42 heavy (non-hydrogen) atoms. The fraction of sp³-hybridized carbons (Fsp3) is 0.613. The van der Waals surface area contributed by atoms with E-state index in [1.165, 1.54) is 12.1 Å². The van der Waals surface area contributed by atoms with Crippen LogP contribution in [0.2, 0.25) is 0 Å². The Kier molecular flexibility index (Phi) is 9.39. The van der Waals surface area contributed by atoms with Crippen molar-refractivity contribution in [1.82, 2.24) is 0 Å². The molecule has 4 nitrogen and oxygen atoms in total. The molecule has 1 aliphatic heterocycles. The number of hydrogen-bond donors (Lipinski definition) is 0. The Morgan fingerprint density at radius 3 is 2.02 bits per heavy atom. The van der Waals surface area contributed by atoms with E-state index in [1.54, 1.807) is 6.07 Å². The minimum absolute atomic E-state index is 0.0266. The summed E-state index contributed by atoms with van der Waals surface area (Å²) in [7, 11) is 0. The van der Waals surface area contributed by atoms with Crippen molar-refractivity contribution in [2.75, 3.05) is 13.2 Å². The standard InChI is InChI=1S/C31H35F7O4/c1-18-16-39-29(40-17-18)20-2-8-23(9-3-20)30(34,35)41-24-10-4-19(5-11-24)21-6-12-25(26(32)14-21)22-7-13-28(27(33)15-22)42-31(36,37)38/h6-7,12-15,18-20,23-24,29H,2-5,8-11,16-17H2,1H3.